The monoisotopic (exact) mass is 220 g/mol. The minimum atomic E-state index is -0.453. The molecule has 2 amide bonds. The Labute approximate surface area is 94.8 Å². The highest BCUT2D eigenvalue weighted by atomic mass is 16.2. The topological polar surface area (TPSA) is 72.2 Å². The van der Waals surface area contributed by atoms with E-state index in [9.17, 15) is 9.59 Å². The Morgan fingerprint density at radius 3 is 2.38 bits per heavy atom. The fourth-order valence-electron chi connectivity index (χ4n) is 1.23. The number of nitrogens with one attached hydrogen (secondary N) is 1. The molecule has 0 spiro atoms. The molecule has 0 fully saturated rings. The lowest BCUT2D eigenvalue weighted by Crippen LogP contribution is -2.24. The van der Waals surface area contributed by atoms with Crippen molar-refractivity contribution in [2.45, 2.75) is 26.3 Å². The predicted octanol–water partition coefficient (Wildman–Crippen LogP) is 0.877. The summed E-state index contributed by atoms with van der Waals surface area (Å²) in [4.78, 5) is 21.7. The van der Waals surface area contributed by atoms with E-state index in [1.54, 1.807) is 0 Å². The molecule has 0 radical (unpaired) electrons. The molecule has 0 aliphatic heterocycles. The van der Waals surface area contributed by atoms with E-state index in [1.165, 1.54) is 5.56 Å². The Bertz CT molecular complexity index is 371. The van der Waals surface area contributed by atoms with Crippen molar-refractivity contribution in [3.8, 4) is 0 Å². The fourth-order valence-corrected chi connectivity index (χ4v) is 1.23. The zero-order valence-electron chi connectivity index (χ0n) is 9.32. The fraction of sp³-hybridized carbons (Fsp3) is 0.333. The lowest BCUT2D eigenvalue weighted by Gasteiger charge is -2.04. The molecule has 4 nitrogen and oxygen atoms in total. The summed E-state index contributed by atoms with van der Waals surface area (Å²) in [6, 6.07) is 7.91. The van der Waals surface area contributed by atoms with E-state index >= 15 is 0 Å². The van der Waals surface area contributed by atoms with Crippen LogP contribution < -0.4 is 11.1 Å². The van der Waals surface area contributed by atoms with Crippen LogP contribution in [0, 0.1) is 6.92 Å². The number of amides is 2. The molecular weight excluding hydrogens is 204 g/mol. The van der Waals surface area contributed by atoms with Crippen LogP contribution in [0.15, 0.2) is 24.3 Å². The SMILES string of the molecule is Cc1ccc(CNC(=O)CCC(N)=O)cc1. The molecule has 0 aromatic heterocycles. The number of carbonyl (C=O) groups excluding carboxylic acids is 2. The molecule has 16 heavy (non-hydrogen) atoms. The zero-order valence-corrected chi connectivity index (χ0v) is 9.32. The Kier molecular flexibility index (Phi) is 4.51. The second-order valence-corrected chi connectivity index (χ2v) is 3.73. The average molecular weight is 220 g/mol. The van der Waals surface area contributed by atoms with E-state index in [4.69, 9.17) is 5.73 Å². The second kappa shape index (κ2) is 5.90. The normalized spacial score (nSPS) is 9.81. The third-order valence-electron chi connectivity index (χ3n) is 2.21. The predicted molar refractivity (Wildman–Crippen MR) is 61.5 cm³/mol. The van der Waals surface area contributed by atoms with Gasteiger partial charge in [0.2, 0.25) is 11.8 Å². The lowest BCUT2D eigenvalue weighted by atomic mass is 10.1. The second-order valence-electron chi connectivity index (χ2n) is 3.73. The van der Waals surface area contributed by atoms with Crippen LogP contribution >= 0.6 is 0 Å². The molecule has 0 saturated carbocycles. The molecule has 0 heterocycles. The molecule has 1 rings (SSSR count). The Morgan fingerprint density at radius 2 is 1.81 bits per heavy atom. The number of primary amides is 1. The highest BCUT2D eigenvalue weighted by molar-refractivity contribution is 5.82. The van der Waals surface area contributed by atoms with Gasteiger partial charge in [0.15, 0.2) is 0 Å². The van der Waals surface area contributed by atoms with Crippen LogP contribution in [0.4, 0.5) is 0 Å². The molecule has 4 heteroatoms. The summed E-state index contributed by atoms with van der Waals surface area (Å²) in [6.45, 7) is 2.49. The summed E-state index contributed by atoms with van der Waals surface area (Å²) >= 11 is 0. The van der Waals surface area contributed by atoms with E-state index in [2.05, 4.69) is 5.32 Å². The van der Waals surface area contributed by atoms with E-state index in [0.29, 0.717) is 6.54 Å². The van der Waals surface area contributed by atoms with Crippen LogP contribution in [-0.2, 0) is 16.1 Å². The first-order chi connectivity index (χ1) is 7.58. The van der Waals surface area contributed by atoms with Crippen molar-refractivity contribution in [3.63, 3.8) is 0 Å². The number of hydrogen-bond acceptors (Lipinski definition) is 2. The van der Waals surface area contributed by atoms with E-state index in [0.717, 1.165) is 5.56 Å². The van der Waals surface area contributed by atoms with Gasteiger partial charge in [0.25, 0.3) is 0 Å². The maximum atomic E-state index is 11.3. The van der Waals surface area contributed by atoms with Crippen molar-refractivity contribution in [1.29, 1.82) is 0 Å². The van der Waals surface area contributed by atoms with E-state index in [1.807, 2.05) is 31.2 Å². The van der Waals surface area contributed by atoms with Crippen molar-refractivity contribution in [1.82, 2.24) is 5.32 Å². The van der Waals surface area contributed by atoms with Gasteiger partial charge in [0, 0.05) is 19.4 Å². The number of carbonyl (C=O) groups is 2. The maximum Gasteiger partial charge on any atom is 0.220 e. The molecule has 86 valence electrons. The van der Waals surface area contributed by atoms with Crippen molar-refractivity contribution in [2.75, 3.05) is 0 Å². The molecule has 0 atom stereocenters. The largest absolute Gasteiger partial charge is 0.370 e. The summed E-state index contributed by atoms with van der Waals surface area (Å²) < 4.78 is 0. The highest BCUT2D eigenvalue weighted by Gasteiger charge is 2.03. The van der Waals surface area contributed by atoms with Crippen molar-refractivity contribution < 1.29 is 9.59 Å². The van der Waals surface area contributed by atoms with Crippen LogP contribution in [0.2, 0.25) is 0 Å². The van der Waals surface area contributed by atoms with Gasteiger partial charge in [-0.25, -0.2) is 0 Å². The first kappa shape index (κ1) is 12.2. The Morgan fingerprint density at radius 1 is 1.19 bits per heavy atom. The lowest BCUT2D eigenvalue weighted by molar-refractivity contribution is -0.125. The van der Waals surface area contributed by atoms with Gasteiger partial charge in [-0.05, 0) is 12.5 Å². The van der Waals surface area contributed by atoms with Crippen LogP contribution in [-0.4, -0.2) is 11.8 Å². The molecule has 3 N–H and O–H groups in total. The van der Waals surface area contributed by atoms with E-state index < -0.39 is 5.91 Å². The quantitative estimate of drug-likeness (QED) is 0.773. The highest BCUT2D eigenvalue weighted by Crippen LogP contribution is 2.02. The van der Waals surface area contributed by atoms with Crippen LogP contribution in [0.25, 0.3) is 0 Å². The minimum absolute atomic E-state index is 0.0970. The van der Waals surface area contributed by atoms with Crippen LogP contribution in [0.5, 0.6) is 0 Å². The summed E-state index contributed by atoms with van der Waals surface area (Å²) in [5.74, 6) is -0.607. The van der Waals surface area contributed by atoms with Gasteiger partial charge in [0.1, 0.15) is 0 Å². The number of hydrogen-bond donors (Lipinski definition) is 2. The van der Waals surface area contributed by atoms with Gasteiger partial charge in [-0.15, -0.1) is 0 Å². The molecule has 0 aliphatic carbocycles. The van der Waals surface area contributed by atoms with Gasteiger partial charge in [-0.3, -0.25) is 9.59 Å². The van der Waals surface area contributed by atoms with Gasteiger partial charge < -0.3 is 11.1 Å². The summed E-state index contributed by atoms with van der Waals surface area (Å²) in [5.41, 5.74) is 7.17. The van der Waals surface area contributed by atoms with Crippen LogP contribution in [0.1, 0.15) is 24.0 Å². The molecule has 0 aliphatic rings. The third-order valence-corrected chi connectivity index (χ3v) is 2.21. The Hall–Kier alpha value is -1.84. The van der Waals surface area contributed by atoms with E-state index in [-0.39, 0.29) is 18.7 Å². The summed E-state index contributed by atoms with van der Waals surface area (Å²) in [6.07, 6.45) is 0.251. The molecule has 0 saturated heterocycles. The first-order valence-corrected chi connectivity index (χ1v) is 5.18. The summed E-state index contributed by atoms with van der Waals surface area (Å²) in [5, 5.41) is 2.73. The average Bonchev–Trinajstić information content (AvgIpc) is 2.25. The van der Waals surface area contributed by atoms with Gasteiger partial charge in [0.05, 0.1) is 0 Å². The van der Waals surface area contributed by atoms with Crippen molar-refractivity contribution >= 4 is 11.8 Å². The zero-order chi connectivity index (χ0) is 12.0. The molecule has 1 aromatic carbocycles. The molecular formula is C12H16N2O2. The van der Waals surface area contributed by atoms with Gasteiger partial charge in [-0.2, -0.15) is 0 Å². The van der Waals surface area contributed by atoms with Gasteiger partial charge in [-0.1, -0.05) is 29.8 Å². The number of benzene rings is 1. The third kappa shape index (κ3) is 4.59. The molecule has 1 aromatic rings. The van der Waals surface area contributed by atoms with Gasteiger partial charge >= 0.3 is 0 Å². The smallest absolute Gasteiger partial charge is 0.220 e. The standard InChI is InChI=1S/C12H16N2O2/c1-9-2-4-10(5-3-9)8-14-12(16)7-6-11(13)15/h2-5H,6-8H2,1H3,(H2,13,15)(H,14,16). The number of nitrogens with two attached hydrogens (primary N) is 1. The van der Waals surface area contributed by atoms with Crippen molar-refractivity contribution in [3.05, 3.63) is 35.4 Å². The number of aryl methyl sites for hydroxylation is 1. The van der Waals surface area contributed by atoms with Crippen LogP contribution in [0.3, 0.4) is 0 Å². The minimum Gasteiger partial charge on any atom is -0.370 e. The number of rotatable bonds is 5. The molecule has 0 bridgehead atoms. The first-order valence-electron chi connectivity index (χ1n) is 5.18. The van der Waals surface area contributed by atoms with Crippen molar-refractivity contribution in [2.24, 2.45) is 5.73 Å². The Balaban J connectivity index is 2.31. The maximum absolute atomic E-state index is 11.3. The summed E-state index contributed by atoms with van der Waals surface area (Å²) in [7, 11) is 0. The molecule has 0 unspecified atom stereocenters.